The molecular formula is C37H43FN2O5. The Morgan fingerprint density at radius 3 is 2.20 bits per heavy atom. The molecule has 0 aromatic heterocycles. The van der Waals surface area contributed by atoms with E-state index in [1.807, 2.05) is 36.4 Å². The number of aliphatic carboxylic acids is 1. The molecule has 0 atom stereocenters. The molecule has 4 aromatic rings. The van der Waals surface area contributed by atoms with E-state index in [1.54, 1.807) is 33.3 Å². The molecule has 45 heavy (non-hydrogen) atoms. The van der Waals surface area contributed by atoms with Crippen LogP contribution in [0.1, 0.15) is 41.5 Å². The molecule has 1 fully saturated rings. The number of halogens is 1. The van der Waals surface area contributed by atoms with Crippen LogP contribution in [0.3, 0.4) is 0 Å². The smallest absolute Gasteiger partial charge is 0.303 e. The number of rotatable bonds is 10. The van der Waals surface area contributed by atoms with Crippen LogP contribution in [0.2, 0.25) is 0 Å². The van der Waals surface area contributed by atoms with Crippen LogP contribution in [-0.4, -0.2) is 56.4 Å². The van der Waals surface area contributed by atoms with Crippen LogP contribution in [-0.2, 0) is 22.6 Å². The Labute approximate surface area is 265 Å². The predicted molar refractivity (Wildman–Crippen MR) is 178 cm³/mol. The summed E-state index contributed by atoms with van der Waals surface area (Å²) in [5, 5.41) is 11.2. The summed E-state index contributed by atoms with van der Waals surface area (Å²) in [7, 11) is 5.49. The zero-order valence-corrected chi connectivity index (χ0v) is 26.6. The van der Waals surface area contributed by atoms with Crippen LogP contribution in [0, 0.1) is 12.7 Å². The molecule has 0 spiro atoms. The zero-order valence-electron chi connectivity index (χ0n) is 26.6. The van der Waals surface area contributed by atoms with Gasteiger partial charge in [-0.05, 0) is 84.5 Å². The number of likely N-dealkylation sites (tertiary alicyclic amines) is 1. The summed E-state index contributed by atoms with van der Waals surface area (Å²) in [5.74, 6) is 0.349. The highest BCUT2D eigenvalue weighted by Crippen LogP contribution is 2.43. The van der Waals surface area contributed by atoms with Gasteiger partial charge < -0.3 is 30.0 Å². The Balaban J connectivity index is 0.000000354. The highest BCUT2D eigenvalue weighted by atomic mass is 19.1. The maximum Gasteiger partial charge on any atom is 0.303 e. The van der Waals surface area contributed by atoms with Gasteiger partial charge in [0.15, 0.2) is 0 Å². The fraction of sp³-hybridized carbons (Fsp3) is 0.324. The van der Waals surface area contributed by atoms with Gasteiger partial charge in [0.2, 0.25) is 0 Å². The van der Waals surface area contributed by atoms with Gasteiger partial charge >= 0.3 is 5.97 Å². The molecule has 0 saturated carbocycles. The Morgan fingerprint density at radius 1 is 1.00 bits per heavy atom. The highest BCUT2D eigenvalue weighted by molar-refractivity contribution is 6.01. The Hall–Kier alpha value is -4.40. The van der Waals surface area contributed by atoms with E-state index < -0.39 is 5.97 Å². The summed E-state index contributed by atoms with van der Waals surface area (Å²) < 4.78 is 30.8. The minimum Gasteiger partial charge on any atom is -0.496 e. The molecule has 0 aliphatic carbocycles. The number of aryl methyl sites for hydroxylation is 2. The second kappa shape index (κ2) is 15.5. The summed E-state index contributed by atoms with van der Waals surface area (Å²) in [4.78, 5) is 13.5. The quantitative estimate of drug-likeness (QED) is 0.195. The fourth-order valence-electron chi connectivity index (χ4n) is 5.77. The van der Waals surface area contributed by atoms with Gasteiger partial charge in [-0.3, -0.25) is 4.79 Å². The molecule has 238 valence electrons. The Kier molecular flexibility index (Phi) is 11.6. The van der Waals surface area contributed by atoms with Gasteiger partial charge in [0.1, 0.15) is 17.3 Å². The topological polar surface area (TPSA) is 94.3 Å². The van der Waals surface area contributed by atoms with Crippen molar-refractivity contribution in [2.45, 2.75) is 45.3 Å². The van der Waals surface area contributed by atoms with Crippen LogP contribution in [0.15, 0.2) is 73.3 Å². The van der Waals surface area contributed by atoms with Crippen molar-refractivity contribution in [2.75, 3.05) is 34.4 Å². The van der Waals surface area contributed by atoms with Gasteiger partial charge in [-0.2, -0.15) is 0 Å². The van der Waals surface area contributed by atoms with Gasteiger partial charge in [0.05, 0.1) is 32.5 Å². The molecule has 0 unspecified atom stereocenters. The van der Waals surface area contributed by atoms with Crippen molar-refractivity contribution in [1.82, 2.24) is 4.90 Å². The van der Waals surface area contributed by atoms with Crippen LogP contribution in [0.25, 0.3) is 27.6 Å². The summed E-state index contributed by atoms with van der Waals surface area (Å²) in [6, 6.07) is 21.0. The van der Waals surface area contributed by atoms with Gasteiger partial charge in [-0.25, -0.2) is 4.39 Å². The number of carboxylic acids is 1. The van der Waals surface area contributed by atoms with Crippen LogP contribution < -0.4 is 15.2 Å². The standard InChI is InChI=1S/C28H33NO5.C9H10FN/c1-29-14-12-21(13-15-29)34-18-19-16-25(32-2)28(26(17-19)33-3)24-9-5-7-22-20(10-11-27(30)31)6-4-8-23(22)24;1-6-4-3-5-8(10)9(6)7(2)11/h4-9,16-17,21H,10-15,18H2,1-3H3,(H,30,31);3-5H,2,11H2,1H3. The van der Waals surface area contributed by atoms with E-state index in [4.69, 9.17) is 25.1 Å². The van der Waals surface area contributed by atoms with Crippen molar-refractivity contribution >= 4 is 22.4 Å². The van der Waals surface area contributed by atoms with E-state index in [-0.39, 0.29) is 24.0 Å². The average molecular weight is 615 g/mol. The molecule has 1 aliphatic rings. The summed E-state index contributed by atoms with van der Waals surface area (Å²) in [5.41, 5.74) is 10.8. The first-order valence-electron chi connectivity index (χ1n) is 15.1. The van der Waals surface area contributed by atoms with Crippen molar-refractivity contribution in [3.05, 3.63) is 101 Å². The molecule has 1 aliphatic heterocycles. The van der Waals surface area contributed by atoms with Gasteiger partial charge in [0.25, 0.3) is 0 Å². The van der Waals surface area contributed by atoms with Gasteiger partial charge in [0, 0.05) is 30.8 Å². The van der Waals surface area contributed by atoms with Crippen molar-refractivity contribution in [1.29, 1.82) is 0 Å². The predicted octanol–water partition coefficient (Wildman–Crippen LogP) is 7.22. The first kappa shape index (κ1) is 33.5. The van der Waals surface area contributed by atoms with Gasteiger partial charge in [-0.15, -0.1) is 0 Å². The normalized spacial score (nSPS) is 13.6. The lowest BCUT2D eigenvalue weighted by atomic mass is 9.92. The highest BCUT2D eigenvalue weighted by Gasteiger charge is 2.20. The minimum absolute atomic E-state index is 0.0992. The molecule has 7 nitrogen and oxygen atoms in total. The lowest BCUT2D eigenvalue weighted by Gasteiger charge is -2.29. The van der Waals surface area contributed by atoms with Crippen LogP contribution in [0.4, 0.5) is 4.39 Å². The maximum atomic E-state index is 13.0. The van der Waals surface area contributed by atoms with E-state index in [2.05, 4.69) is 30.7 Å². The maximum absolute atomic E-state index is 13.0. The van der Waals surface area contributed by atoms with Crippen LogP contribution in [0.5, 0.6) is 11.5 Å². The third-order valence-corrected chi connectivity index (χ3v) is 8.15. The van der Waals surface area contributed by atoms with Crippen molar-refractivity contribution in [3.63, 3.8) is 0 Å². The number of fused-ring (bicyclic) bond motifs is 1. The molecular weight excluding hydrogens is 571 g/mol. The SMILES string of the molecule is C=C(N)c1c(C)cccc1F.COc1cc(COC2CCN(C)CC2)cc(OC)c1-c1cccc2c(CCC(=O)O)cccc12. The summed E-state index contributed by atoms with van der Waals surface area (Å²) in [6.45, 7) is 7.92. The zero-order chi connectivity index (χ0) is 32.5. The lowest BCUT2D eigenvalue weighted by Crippen LogP contribution is -2.34. The molecule has 1 saturated heterocycles. The largest absolute Gasteiger partial charge is 0.496 e. The van der Waals surface area contributed by atoms with Crippen molar-refractivity contribution in [3.8, 4) is 22.6 Å². The lowest BCUT2D eigenvalue weighted by molar-refractivity contribution is -0.136. The number of benzene rings is 4. The second-order valence-corrected chi connectivity index (χ2v) is 11.4. The Bertz CT molecular complexity index is 1600. The molecule has 4 aromatic carbocycles. The van der Waals surface area contributed by atoms with Crippen LogP contribution >= 0.6 is 0 Å². The number of hydrogen-bond donors (Lipinski definition) is 2. The van der Waals surface area contributed by atoms with E-state index in [0.717, 1.165) is 76.0 Å². The third kappa shape index (κ3) is 8.41. The number of ether oxygens (including phenoxy) is 3. The molecule has 5 rings (SSSR count). The average Bonchev–Trinajstić information content (AvgIpc) is 3.02. The van der Waals surface area contributed by atoms with Crippen molar-refractivity contribution < 1.29 is 28.5 Å². The number of hydrogen-bond acceptors (Lipinski definition) is 6. The number of nitrogens with zero attached hydrogens (tertiary/aromatic N) is 1. The number of carbonyl (C=O) groups is 1. The van der Waals surface area contributed by atoms with Gasteiger partial charge in [-0.1, -0.05) is 55.1 Å². The molecule has 0 radical (unpaired) electrons. The van der Waals surface area contributed by atoms with E-state index in [0.29, 0.717) is 18.6 Å². The molecule has 0 bridgehead atoms. The summed E-state index contributed by atoms with van der Waals surface area (Å²) >= 11 is 0. The molecule has 8 heteroatoms. The van der Waals surface area contributed by atoms with E-state index in [1.165, 1.54) is 6.07 Å². The van der Waals surface area contributed by atoms with Crippen molar-refractivity contribution in [2.24, 2.45) is 5.73 Å². The monoisotopic (exact) mass is 614 g/mol. The second-order valence-electron chi connectivity index (χ2n) is 11.4. The van der Waals surface area contributed by atoms with E-state index >= 15 is 0 Å². The number of carboxylic acid groups (broad SMARTS) is 1. The van der Waals surface area contributed by atoms with E-state index in [9.17, 15) is 9.18 Å². The molecule has 0 amide bonds. The third-order valence-electron chi connectivity index (χ3n) is 8.15. The Morgan fingerprint density at radius 2 is 1.62 bits per heavy atom. The molecule has 3 N–H and O–H groups in total. The number of methoxy groups -OCH3 is 2. The number of piperidine rings is 1. The fourth-order valence-corrected chi connectivity index (χ4v) is 5.77. The number of nitrogens with two attached hydrogens (primary N) is 1. The first-order valence-corrected chi connectivity index (χ1v) is 15.1. The minimum atomic E-state index is -0.797. The molecule has 1 heterocycles. The summed E-state index contributed by atoms with van der Waals surface area (Å²) in [6.07, 6.45) is 2.95. The first-order chi connectivity index (χ1) is 21.6.